The molecule has 1 aromatic rings. The average molecular weight is 275 g/mol. The number of aliphatic imine (C=N–C) groups is 1. The van der Waals surface area contributed by atoms with E-state index in [-0.39, 0.29) is 5.96 Å². The number of nitrogens with two attached hydrogens (primary N) is 3. The molecule has 8 nitrogen and oxygen atoms in total. The molecular formula is C7H15N8S2+. The van der Waals surface area contributed by atoms with E-state index in [9.17, 15) is 0 Å². The smallest absolute Gasteiger partial charge is 0.280 e. The first-order valence-corrected chi connectivity index (χ1v) is 7.32. The molecule has 0 spiro atoms. The molecule has 0 aromatic carbocycles. The molecule has 0 bridgehead atoms. The Morgan fingerprint density at radius 1 is 1.47 bits per heavy atom. The lowest BCUT2D eigenvalue weighted by molar-refractivity contribution is -0.207. The molecule has 17 heavy (non-hydrogen) atoms. The monoisotopic (exact) mass is 275 g/mol. The van der Waals surface area contributed by atoms with Gasteiger partial charge < -0.3 is 11.5 Å². The molecule has 0 unspecified atom stereocenters. The molecule has 0 radical (unpaired) electrons. The summed E-state index contributed by atoms with van der Waals surface area (Å²) in [6, 6.07) is 0. The third kappa shape index (κ3) is 6.12. The summed E-state index contributed by atoms with van der Waals surface area (Å²) in [5, 5.41) is 10.8. The van der Waals surface area contributed by atoms with E-state index in [1.165, 1.54) is 0 Å². The van der Waals surface area contributed by atoms with E-state index in [2.05, 4.69) is 20.4 Å². The molecule has 0 aliphatic rings. The Balaban J connectivity index is 2.00. The summed E-state index contributed by atoms with van der Waals surface area (Å²) in [6.07, 6.45) is 1.71. The number of guanidine groups is 1. The van der Waals surface area contributed by atoms with Gasteiger partial charge in [-0.15, -0.1) is 10.6 Å². The fourth-order valence-corrected chi connectivity index (χ4v) is 2.73. The summed E-state index contributed by atoms with van der Waals surface area (Å²) >= 11 is 0. The first kappa shape index (κ1) is 13.8. The third-order valence-electron chi connectivity index (χ3n) is 1.62. The highest BCUT2D eigenvalue weighted by atomic mass is 33.1. The van der Waals surface area contributed by atoms with E-state index in [4.69, 9.17) is 17.0 Å². The molecule has 0 saturated carbocycles. The van der Waals surface area contributed by atoms with Crippen molar-refractivity contribution in [3.63, 3.8) is 0 Å². The van der Waals surface area contributed by atoms with Gasteiger partial charge in [-0.25, -0.2) is 9.67 Å². The maximum absolute atomic E-state index is 5.44. The van der Waals surface area contributed by atoms with Crippen LogP contribution in [0, 0.1) is 0 Å². The van der Waals surface area contributed by atoms with Gasteiger partial charge in [0.15, 0.2) is 5.82 Å². The molecule has 6 N–H and O–H groups in total. The average Bonchev–Trinajstić information content (AvgIpc) is 2.73. The maximum atomic E-state index is 5.44. The minimum atomic E-state index is 0.133. The molecule has 0 saturated heterocycles. The molecule has 0 atom stereocenters. The van der Waals surface area contributed by atoms with Gasteiger partial charge in [0, 0.05) is 16.6 Å². The van der Waals surface area contributed by atoms with Crippen molar-refractivity contribution in [2.45, 2.75) is 6.54 Å². The zero-order valence-electron chi connectivity index (χ0n) is 9.19. The number of hydrogen-bond acceptors (Lipinski definition) is 6. The van der Waals surface area contributed by atoms with E-state index in [0.717, 1.165) is 18.1 Å². The van der Waals surface area contributed by atoms with E-state index in [1.807, 2.05) is 0 Å². The minimum absolute atomic E-state index is 0.133. The summed E-state index contributed by atoms with van der Waals surface area (Å²) in [5.41, 5.74) is 15.7. The zero-order chi connectivity index (χ0) is 12.5. The molecule has 0 aliphatic heterocycles. The van der Waals surface area contributed by atoms with Gasteiger partial charge in [0.1, 0.15) is 0 Å². The summed E-state index contributed by atoms with van der Waals surface area (Å²) in [4.78, 5) is 3.93. The van der Waals surface area contributed by atoms with Gasteiger partial charge >= 0.3 is 0 Å². The SMILES string of the molecule is NC(N=[NH2+])=NCCSSCCn1cc(N)nn1. The fraction of sp³-hybridized carbons (Fsp3) is 0.571. The Kier molecular flexibility index (Phi) is 6.40. The van der Waals surface area contributed by atoms with Crippen molar-refractivity contribution < 1.29 is 5.53 Å². The normalized spacial score (nSPS) is 11.6. The van der Waals surface area contributed by atoms with Crippen molar-refractivity contribution in [2.24, 2.45) is 15.8 Å². The fourth-order valence-electron chi connectivity index (χ4n) is 0.910. The quantitative estimate of drug-likeness (QED) is 0.187. The predicted molar refractivity (Wildman–Crippen MR) is 70.2 cm³/mol. The molecular weight excluding hydrogens is 260 g/mol. The standard InChI is InChI=1S/C7H14N8S2/c8-6-5-15(14-13-6)2-4-17-16-3-1-11-7(9)12-10/h5,10H,1-4,8H2,(H2,9,11)/p+1. The van der Waals surface area contributed by atoms with Gasteiger partial charge in [-0.05, 0) is 0 Å². The second-order valence-corrected chi connectivity index (χ2v) is 5.62. The van der Waals surface area contributed by atoms with Crippen LogP contribution in [0.1, 0.15) is 0 Å². The second kappa shape index (κ2) is 7.90. The number of hydrogen-bond donors (Lipinski definition) is 3. The highest BCUT2D eigenvalue weighted by Crippen LogP contribution is 2.20. The summed E-state index contributed by atoms with van der Waals surface area (Å²) in [6.45, 7) is 1.39. The van der Waals surface area contributed by atoms with E-state index in [0.29, 0.717) is 12.4 Å². The Morgan fingerprint density at radius 3 is 2.88 bits per heavy atom. The van der Waals surface area contributed by atoms with Gasteiger partial charge in [0.25, 0.3) is 5.96 Å². The first-order chi connectivity index (χ1) is 8.22. The second-order valence-electron chi connectivity index (χ2n) is 2.92. The molecule has 1 heterocycles. The largest absolute Gasteiger partial charge is 0.381 e. The van der Waals surface area contributed by atoms with Crippen LogP contribution in [0.2, 0.25) is 0 Å². The van der Waals surface area contributed by atoms with Crippen LogP contribution in [0.15, 0.2) is 16.3 Å². The highest BCUT2D eigenvalue weighted by Gasteiger charge is 1.96. The van der Waals surface area contributed by atoms with Crippen LogP contribution >= 0.6 is 21.6 Å². The Morgan fingerprint density at radius 2 is 2.24 bits per heavy atom. The molecule has 0 fully saturated rings. The van der Waals surface area contributed by atoms with Crippen LogP contribution < -0.4 is 17.0 Å². The maximum Gasteiger partial charge on any atom is 0.280 e. The van der Waals surface area contributed by atoms with Crippen molar-refractivity contribution >= 4 is 33.4 Å². The van der Waals surface area contributed by atoms with Gasteiger partial charge in [-0.1, -0.05) is 26.8 Å². The lowest BCUT2D eigenvalue weighted by Gasteiger charge is -1.99. The lowest BCUT2D eigenvalue weighted by Crippen LogP contribution is -2.30. The molecule has 0 amide bonds. The topological polar surface area (TPSA) is 133 Å². The van der Waals surface area contributed by atoms with Crippen LogP contribution in [-0.2, 0) is 6.54 Å². The summed E-state index contributed by atoms with van der Waals surface area (Å²) < 4.78 is 1.71. The molecule has 1 rings (SSSR count). The van der Waals surface area contributed by atoms with Crippen molar-refractivity contribution in [3.05, 3.63) is 6.20 Å². The highest BCUT2D eigenvalue weighted by molar-refractivity contribution is 8.76. The molecule has 0 aliphatic carbocycles. The van der Waals surface area contributed by atoms with Gasteiger partial charge in [0.2, 0.25) is 0 Å². The zero-order valence-corrected chi connectivity index (χ0v) is 10.8. The third-order valence-corrected chi connectivity index (χ3v) is 3.99. The Bertz CT molecular complexity index is 376. The van der Waals surface area contributed by atoms with Crippen molar-refractivity contribution in [2.75, 3.05) is 23.8 Å². The molecule has 10 heteroatoms. The number of rotatable bonds is 7. The number of aryl methyl sites for hydroxylation is 1. The van der Waals surface area contributed by atoms with Crippen LogP contribution in [0.25, 0.3) is 0 Å². The summed E-state index contributed by atoms with van der Waals surface area (Å²) in [7, 11) is 3.44. The molecule has 94 valence electrons. The van der Waals surface area contributed by atoms with Crippen molar-refractivity contribution in [1.29, 1.82) is 0 Å². The summed E-state index contributed by atoms with van der Waals surface area (Å²) in [5.74, 6) is 2.36. The minimum Gasteiger partial charge on any atom is -0.381 e. The predicted octanol–water partition coefficient (Wildman–Crippen LogP) is -1.23. The Labute approximate surface area is 107 Å². The van der Waals surface area contributed by atoms with Crippen molar-refractivity contribution in [1.82, 2.24) is 15.0 Å². The van der Waals surface area contributed by atoms with E-state index < -0.39 is 0 Å². The number of aromatic nitrogens is 3. The molecule has 1 aromatic heterocycles. The van der Waals surface area contributed by atoms with Crippen LogP contribution in [0.5, 0.6) is 0 Å². The first-order valence-electron chi connectivity index (χ1n) is 4.83. The van der Waals surface area contributed by atoms with Gasteiger partial charge in [-0.3, -0.25) is 0 Å². The van der Waals surface area contributed by atoms with Gasteiger partial charge in [-0.2, -0.15) is 0 Å². The van der Waals surface area contributed by atoms with Crippen molar-refractivity contribution in [3.8, 4) is 0 Å². The van der Waals surface area contributed by atoms with E-state index >= 15 is 0 Å². The number of nitrogen functional groups attached to an aromatic ring is 1. The Hall–Kier alpha value is -1.29. The number of nitrogens with zero attached hydrogens (tertiary/aromatic N) is 5. The van der Waals surface area contributed by atoms with Crippen LogP contribution in [-0.4, -0.2) is 39.0 Å². The van der Waals surface area contributed by atoms with Crippen LogP contribution in [0.4, 0.5) is 5.82 Å². The lowest BCUT2D eigenvalue weighted by atomic mass is 10.7. The number of anilines is 1. The van der Waals surface area contributed by atoms with Crippen LogP contribution in [0.3, 0.4) is 0 Å². The van der Waals surface area contributed by atoms with E-state index in [1.54, 1.807) is 32.5 Å². The van der Waals surface area contributed by atoms with Gasteiger partial charge in [0.05, 0.1) is 19.3 Å².